The Balaban J connectivity index is 0.00000225. The summed E-state index contributed by atoms with van der Waals surface area (Å²) in [5, 5.41) is 0. The lowest BCUT2D eigenvalue weighted by Gasteiger charge is -2.37. The van der Waals surface area contributed by atoms with Crippen molar-refractivity contribution in [3.63, 3.8) is 0 Å². The fourth-order valence-electron chi connectivity index (χ4n) is 4.44. The molecule has 0 radical (unpaired) electrons. The number of nitrogens with two attached hydrogens (primary N) is 1. The highest BCUT2D eigenvalue weighted by molar-refractivity contribution is 5.85. The SMILES string of the molecule is COc1cccc(C2CCCN2C(=O)CC2(CN)CCCCC2)c1.Cl. The predicted octanol–water partition coefficient (Wildman–Crippen LogP) is 4.08. The molecule has 0 bridgehead atoms. The van der Waals surface area contributed by atoms with Crippen molar-refractivity contribution in [1.29, 1.82) is 0 Å². The van der Waals surface area contributed by atoms with Gasteiger partial charge in [-0.25, -0.2) is 0 Å². The average molecular weight is 367 g/mol. The molecule has 1 aromatic carbocycles. The number of nitrogens with zero attached hydrogens (tertiary/aromatic N) is 1. The van der Waals surface area contributed by atoms with Gasteiger partial charge in [0.25, 0.3) is 0 Å². The lowest BCUT2D eigenvalue weighted by Crippen LogP contribution is -2.40. The molecule has 25 heavy (non-hydrogen) atoms. The second kappa shape index (κ2) is 8.91. The zero-order valence-corrected chi connectivity index (χ0v) is 16.0. The van der Waals surface area contributed by atoms with Gasteiger partial charge in [-0.1, -0.05) is 31.4 Å². The quantitative estimate of drug-likeness (QED) is 0.854. The van der Waals surface area contributed by atoms with Gasteiger partial charge in [-0.3, -0.25) is 4.79 Å². The Bertz CT molecular complexity index is 573. The van der Waals surface area contributed by atoms with E-state index in [1.165, 1.54) is 24.8 Å². The van der Waals surface area contributed by atoms with Crippen LogP contribution in [-0.2, 0) is 4.79 Å². The molecular formula is C20H31ClN2O2. The minimum absolute atomic E-state index is 0. The third-order valence-electron chi connectivity index (χ3n) is 5.93. The van der Waals surface area contributed by atoms with E-state index in [0.717, 1.165) is 38.0 Å². The van der Waals surface area contributed by atoms with Gasteiger partial charge >= 0.3 is 0 Å². The summed E-state index contributed by atoms with van der Waals surface area (Å²) in [5.41, 5.74) is 7.31. The fraction of sp³-hybridized carbons (Fsp3) is 0.650. The predicted molar refractivity (Wildman–Crippen MR) is 103 cm³/mol. The fourth-order valence-corrected chi connectivity index (χ4v) is 4.44. The summed E-state index contributed by atoms with van der Waals surface area (Å²) in [6, 6.07) is 8.33. The van der Waals surface area contributed by atoms with Gasteiger partial charge in [-0.05, 0) is 55.3 Å². The molecule has 0 aromatic heterocycles. The maximum absolute atomic E-state index is 13.1. The second-order valence-electron chi connectivity index (χ2n) is 7.46. The van der Waals surface area contributed by atoms with Crippen LogP contribution in [0.1, 0.15) is 63.0 Å². The molecule has 5 heteroatoms. The Hall–Kier alpha value is -1.26. The van der Waals surface area contributed by atoms with Gasteiger partial charge in [0.15, 0.2) is 0 Å². The van der Waals surface area contributed by atoms with Crippen molar-refractivity contribution >= 4 is 18.3 Å². The third kappa shape index (κ3) is 4.48. The Labute approximate surface area is 157 Å². The van der Waals surface area contributed by atoms with Crippen LogP contribution in [0.3, 0.4) is 0 Å². The molecule has 0 spiro atoms. The number of carbonyl (C=O) groups excluding carboxylic acids is 1. The standard InChI is InChI=1S/C20H30N2O2.ClH/c1-24-17-8-5-7-16(13-17)18-9-6-12-22(18)19(23)14-20(15-21)10-3-2-4-11-20;/h5,7-8,13,18H,2-4,6,9-12,14-15,21H2,1H3;1H. The van der Waals surface area contributed by atoms with E-state index in [4.69, 9.17) is 10.5 Å². The number of amides is 1. The zero-order chi connectivity index (χ0) is 17.0. The first-order chi connectivity index (χ1) is 11.7. The summed E-state index contributed by atoms with van der Waals surface area (Å²) >= 11 is 0. The minimum Gasteiger partial charge on any atom is -0.497 e. The monoisotopic (exact) mass is 366 g/mol. The van der Waals surface area contributed by atoms with Gasteiger partial charge in [0, 0.05) is 13.0 Å². The maximum Gasteiger partial charge on any atom is 0.223 e. The van der Waals surface area contributed by atoms with E-state index in [0.29, 0.717) is 13.0 Å². The molecule has 2 aliphatic rings. The number of carbonyl (C=O) groups is 1. The molecule has 1 aliphatic carbocycles. The lowest BCUT2D eigenvalue weighted by molar-refractivity contribution is -0.135. The Kier molecular flexibility index (Phi) is 7.14. The van der Waals surface area contributed by atoms with Crippen LogP contribution in [0.4, 0.5) is 0 Å². The van der Waals surface area contributed by atoms with Crippen molar-refractivity contribution in [2.24, 2.45) is 11.1 Å². The van der Waals surface area contributed by atoms with E-state index in [9.17, 15) is 4.79 Å². The van der Waals surface area contributed by atoms with E-state index in [1.54, 1.807) is 7.11 Å². The number of ether oxygens (including phenoxy) is 1. The first-order valence-electron chi connectivity index (χ1n) is 9.31. The summed E-state index contributed by atoms with van der Waals surface area (Å²) in [7, 11) is 1.69. The normalized spacial score (nSPS) is 22.3. The molecule has 1 aliphatic heterocycles. The van der Waals surface area contributed by atoms with Crippen molar-refractivity contribution in [3.8, 4) is 5.75 Å². The summed E-state index contributed by atoms with van der Waals surface area (Å²) in [6.45, 7) is 1.50. The Morgan fingerprint density at radius 3 is 2.72 bits per heavy atom. The highest BCUT2D eigenvalue weighted by atomic mass is 35.5. The Morgan fingerprint density at radius 2 is 2.04 bits per heavy atom. The smallest absolute Gasteiger partial charge is 0.223 e. The van der Waals surface area contributed by atoms with Crippen molar-refractivity contribution in [1.82, 2.24) is 4.90 Å². The molecule has 1 aromatic rings. The number of halogens is 1. The van der Waals surface area contributed by atoms with Crippen LogP contribution in [0.2, 0.25) is 0 Å². The molecule has 140 valence electrons. The van der Waals surface area contributed by atoms with Crippen molar-refractivity contribution < 1.29 is 9.53 Å². The number of rotatable bonds is 5. The summed E-state index contributed by atoms with van der Waals surface area (Å²) < 4.78 is 5.35. The van der Waals surface area contributed by atoms with Gasteiger partial charge in [0.2, 0.25) is 5.91 Å². The second-order valence-corrected chi connectivity index (χ2v) is 7.46. The molecule has 1 atom stereocenters. The van der Waals surface area contributed by atoms with Gasteiger partial charge < -0.3 is 15.4 Å². The van der Waals surface area contributed by atoms with Crippen LogP contribution in [0.25, 0.3) is 0 Å². The van der Waals surface area contributed by atoms with Crippen molar-refractivity contribution in [2.75, 3.05) is 20.2 Å². The molecule has 1 saturated carbocycles. The first kappa shape index (κ1) is 20.1. The molecule has 2 N–H and O–H groups in total. The van der Waals surface area contributed by atoms with Crippen LogP contribution >= 0.6 is 12.4 Å². The number of hydrogen-bond donors (Lipinski definition) is 1. The maximum atomic E-state index is 13.1. The number of hydrogen-bond acceptors (Lipinski definition) is 3. The van der Waals surface area contributed by atoms with Crippen LogP contribution in [-0.4, -0.2) is 31.0 Å². The van der Waals surface area contributed by atoms with Gasteiger partial charge in [-0.15, -0.1) is 12.4 Å². The molecule has 1 amide bonds. The summed E-state index contributed by atoms with van der Waals surface area (Å²) in [5.74, 6) is 1.14. The first-order valence-corrected chi connectivity index (χ1v) is 9.31. The molecule has 1 saturated heterocycles. The van der Waals surface area contributed by atoms with Crippen molar-refractivity contribution in [2.45, 2.75) is 57.4 Å². The third-order valence-corrected chi connectivity index (χ3v) is 5.93. The number of likely N-dealkylation sites (tertiary alicyclic amines) is 1. The van der Waals surface area contributed by atoms with Crippen LogP contribution in [0.15, 0.2) is 24.3 Å². The van der Waals surface area contributed by atoms with Gasteiger partial charge in [0.05, 0.1) is 13.2 Å². The summed E-state index contributed by atoms with van der Waals surface area (Å²) in [4.78, 5) is 15.1. The largest absolute Gasteiger partial charge is 0.497 e. The summed E-state index contributed by atoms with van der Waals surface area (Å²) in [6.07, 6.45) is 8.64. The average Bonchev–Trinajstić information content (AvgIpc) is 3.12. The van der Waals surface area contributed by atoms with Gasteiger partial charge in [0.1, 0.15) is 5.75 Å². The molecular weight excluding hydrogens is 336 g/mol. The van der Waals surface area contributed by atoms with Gasteiger partial charge in [-0.2, -0.15) is 0 Å². The van der Waals surface area contributed by atoms with E-state index < -0.39 is 0 Å². The molecule has 3 rings (SSSR count). The molecule has 4 nitrogen and oxygen atoms in total. The van der Waals surface area contributed by atoms with E-state index in [-0.39, 0.29) is 29.8 Å². The highest BCUT2D eigenvalue weighted by Gasteiger charge is 2.37. The number of benzene rings is 1. The Morgan fingerprint density at radius 1 is 1.28 bits per heavy atom. The highest BCUT2D eigenvalue weighted by Crippen LogP contribution is 2.41. The topological polar surface area (TPSA) is 55.6 Å². The van der Waals surface area contributed by atoms with E-state index >= 15 is 0 Å². The van der Waals surface area contributed by atoms with E-state index in [1.807, 2.05) is 12.1 Å². The lowest BCUT2D eigenvalue weighted by atomic mass is 9.71. The molecule has 1 heterocycles. The number of methoxy groups -OCH3 is 1. The molecule has 2 fully saturated rings. The van der Waals surface area contributed by atoms with Crippen LogP contribution in [0.5, 0.6) is 5.75 Å². The van der Waals surface area contributed by atoms with Crippen LogP contribution in [0, 0.1) is 5.41 Å². The van der Waals surface area contributed by atoms with Crippen molar-refractivity contribution in [3.05, 3.63) is 29.8 Å². The molecule has 1 unspecified atom stereocenters. The minimum atomic E-state index is 0. The van der Waals surface area contributed by atoms with E-state index in [2.05, 4.69) is 17.0 Å². The zero-order valence-electron chi connectivity index (χ0n) is 15.2. The van der Waals surface area contributed by atoms with Crippen LogP contribution < -0.4 is 10.5 Å².